The molecule has 0 atom stereocenters. The molecule has 2 N–H and O–H groups in total. The van der Waals surface area contributed by atoms with Crippen molar-refractivity contribution in [3.8, 4) is 16.9 Å². The third kappa shape index (κ3) is 2.04. The van der Waals surface area contributed by atoms with Crippen molar-refractivity contribution in [2.75, 3.05) is 0 Å². The Hall–Kier alpha value is -1.87. The highest BCUT2D eigenvalue weighted by Crippen LogP contribution is 2.26. The fourth-order valence-corrected chi connectivity index (χ4v) is 1.58. The molecule has 0 unspecified atom stereocenters. The number of rotatable bonds is 2. The van der Waals surface area contributed by atoms with Crippen LogP contribution in [0.2, 0.25) is 0 Å². The Bertz CT molecular complexity index is 509. The van der Waals surface area contributed by atoms with Gasteiger partial charge >= 0.3 is 0 Å². The lowest BCUT2D eigenvalue weighted by atomic mass is 10.0. The average molecular weight is 218 g/mol. The molecule has 2 aromatic carbocycles. The van der Waals surface area contributed by atoms with Gasteiger partial charge in [0.05, 0.1) is 6.61 Å². The van der Waals surface area contributed by atoms with Crippen molar-refractivity contribution >= 4 is 0 Å². The van der Waals surface area contributed by atoms with E-state index in [9.17, 15) is 4.39 Å². The molecule has 0 radical (unpaired) electrons. The quantitative estimate of drug-likeness (QED) is 0.813. The number of benzene rings is 2. The van der Waals surface area contributed by atoms with Crippen LogP contribution >= 0.6 is 0 Å². The highest BCUT2D eigenvalue weighted by Gasteiger charge is 2.06. The first-order chi connectivity index (χ1) is 7.70. The zero-order valence-electron chi connectivity index (χ0n) is 8.52. The van der Waals surface area contributed by atoms with E-state index in [1.54, 1.807) is 24.3 Å². The number of hydrogen-bond donors (Lipinski definition) is 2. The summed E-state index contributed by atoms with van der Waals surface area (Å²) in [6, 6.07) is 11.0. The van der Waals surface area contributed by atoms with E-state index < -0.39 is 5.82 Å². The molecule has 0 aromatic heterocycles. The Morgan fingerprint density at radius 1 is 1.06 bits per heavy atom. The van der Waals surface area contributed by atoms with Gasteiger partial charge in [0.2, 0.25) is 0 Å². The fourth-order valence-electron chi connectivity index (χ4n) is 1.58. The molecule has 0 saturated carbocycles. The van der Waals surface area contributed by atoms with Crippen LogP contribution in [0.25, 0.3) is 11.1 Å². The summed E-state index contributed by atoms with van der Waals surface area (Å²) in [5, 5.41) is 18.1. The summed E-state index contributed by atoms with van der Waals surface area (Å²) >= 11 is 0. The lowest BCUT2D eigenvalue weighted by Gasteiger charge is -2.05. The summed E-state index contributed by atoms with van der Waals surface area (Å²) in [4.78, 5) is 0. The van der Waals surface area contributed by atoms with E-state index in [4.69, 9.17) is 10.2 Å². The molecule has 0 heterocycles. The predicted octanol–water partition coefficient (Wildman–Crippen LogP) is 2.69. The molecule has 0 fully saturated rings. The second-order valence-corrected chi connectivity index (χ2v) is 3.52. The third-order valence-corrected chi connectivity index (χ3v) is 2.37. The maximum atomic E-state index is 13.5. The van der Waals surface area contributed by atoms with E-state index in [0.29, 0.717) is 11.1 Å². The van der Waals surface area contributed by atoms with Crippen molar-refractivity contribution in [1.82, 2.24) is 0 Å². The van der Waals surface area contributed by atoms with Crippen molar-refractivity contribution in [3.63, 3.8) is 0 Å². The molecule has 0 aliphatic heterocycles. The van der Waals surface area contributed by atoms with Crippen molar-refractivity contribution in [1.29, 1.82) is 0 Å². The molecule has 0 aliphatic rings. The maximum Gasteiger partial charge on any atom is 0.134 e. The van der Waals surface area contributed by atoms with Gasteiger partial charge in [0.25, 0.3) is 0 Å². The van der Waals surface area contributed by atoms with Gasteiger partial charge in [-0.05, 0) is 29.3 Å². The second-order valence-electron chi connectivity index (χ2n) is 3.52. The van der Waals surface area contributed by atoms with Crippen LogP contribution in [-0.4, -0.2) is 10.2 Å². The minimum atomic E-state index is -0.477. The first-order valence-electron chi connectivity index (χ1n) is 4.89. The standard InChI is InChI=1S/C13H11FO2/c14-13-7-11(16)4-5-12(13)10-3-1-2-9(6-10)8-15/h1-7,15-16H,8H2. The van der Waals surface area contributed by atoms with Crippen LogP contribution < -0.4 is 0 Å². The van der Waals surface area contributed by atoms with Crippen LogP contribution in [0.5, 0.6) is 5.75 Å². The van der Waals surface area contributed by atoms with Crippen LogP contribution in [0.15, 0.2) is 42.5 Å². The van der Waals surface area contributed by atoms with Gasteiger partial charge in [-0.1, -0.05) is 18.2 Å². The molecular formula is C13H11FO2. The van der Waals surface area contributed by atoms with E-state index in [0.717, 1.165) is 11.6 Å². The van der Waals surface area contributed by atoms with Crippen LogP contribution in [0.1, 0.15) is 5.56 Å². The summed E-state index contributed by atoms with van der Waals surface area (Å²) < 4.78 is 13.5. The lowest BCUT2D eigenvalue weighted by molar-refractivity contribution is 0.282. The molecule has 3 heteroatoms. The van der Waals surface area contributed by atoms with Gasteiger partial charge in [-0.15, -0.1) is 0 Å². The van der Waals surface area contributed by atoms with Crippen LogP contribution in [0.4, 0.5) is 4.39 Å². The highest BCUT2D eigenvalue weighted by molar-refractivity contribution is 5.65. The Labute approximate surface area is 92.6 Å². The van der Waals surface area contributed by atoms with Gasteiger partial charge in [-0.2, -0.15) is 0 Å². The van der Waals surface area contributed by atoms with Gasteiger partial charge in [-0.25, -0.2) is 4.39 Å². The van der Waals surface area contributed by atoms with E-state index in [1.165, 1.54) is 12.1 Å². The zero-order chi connectivity index (χ0) is 11.5. The molecule has 0 spiro atoms. The second kappa shape index (κ2) is 4.33. The topological polar surface area (TPSA) is 40.5 Å². The minimum Gasteiger partial charge on any atom is -0.508 e. The van der Waals surface area contributed by atoms with Crippen molar-refractivity contribution in [3.05, 3.63) is 53.8 Å². The number of halogens is 1. The van der Waals surface area contributed by atoms with Gasteiger partial charge < -0.3 is 10.2 Å². The number of phenols is 1. The molecule has 0 amide bonds. The van der Waals surface area contributed by atoms with Crippen LogP contribution in [0, 0.1) is 5.82 Å². The molecule has 0 bridgehead atoms. The minimum absolute atomic E-state index is 0.0759. The third-order valence-electron chi connectivity index (χ3n) is 2.37. The molecule has 2 aromatic rings. The first-order valence-corrected chi connectivity index (χ1v) is 4.89. The van der Waals surface area contributed by atoms with Gasteiger partial charge in [-0.3, -0.25) is 0 Å². The molecule has 16 heavy (non-hydrogen) atoms. The Morgan fingerprint density at radius 2 is 1.88 bits per heavy atom. The first kappa shape index (κ1) is 10.6. The van der Waals surface area contributed by atoms with E-state index in [1.807, 2.05) is 0 Å². The molecular weight excluding hydrogens is 207 g/mol. The summed E-state index contributed by atoms with van der Waals surface area (Å²) in [5.74, 6) is -0.574. The maximum absolute atomic E-state index is 13.5. The number of aliphatic hydroxyl groups excluding tert-OH is 1. The smallest absolute Gasteiger partial charge is 0.134 e. The summed E-state index contributed by atoms with van der Waals surface area (Å²) in [7, 11) is 0. The molecule has 0 saturated heterocycles. The molecule has 0 aliphatic carbocycles. The Morgan fingerprint density at radius 3 is 2.56 bits per heavy atom. The van der Waals surface area contributed by atoms with E-state index in [2.05, 4.69) is 0 Å². The number of aliphatic hydroxyl groups is 1. The van der Waals surface area contributed by atoms with Crippen molar-refractivity contribution in [2.45, 2.75) is 6.61 Å². The van der Waals surface area contributed by atoms with Crippen LogP contribution in [0.3, 0.4) is 0 Å². The molecule has 2 rings (SSSR count). The van der Waals surface area contributed by atoms with Gasteiger partial charge in [0.15, 0.2) is 0 Å². The Kier molecular flexibility index (Phi) is 2.88. The van der Waals surface area contributed by atoms with Gasteiger partial charge in [0, 0.05) is 11.6 Å². The zero-order valence-corrected chi connectivity index (χ0v) is 8.52. The SMILES string of the molecule is OCc1cccc(-c2ccc(O)cc2F)c1. The summed E-state index contributed by atoms with van der Waals surface area (Å²) in [6.07, 6.45) is 0. The van der Waals surface area contributed by atoms with E-state index >= 15 is 0 Å². The highest BCUT2D eigenvalue weighted by atomic mass is 19.1. The predicted molar refractivity (Wildman–Crippen MR) is 59.4 cm³/mol. The van der Waals surface area contributed by atoms with Gasteiger partial charge in [0.1, 0.15) is 11.6 Å². The number of hydrogen-bond acceptors (Lipinski definition) is 2. The van der Waals surface area contributed by atoms with Crippen molar-refractivity contribution in [2.24, 2.45) is 0 Å². The summed E-state index contributed by atoms with van der Waals surface area (Å²) in [5.41, 5.74) is 1.82. The van der Waals surface area contributed by atoms with Crippen LogP contribution in [-0.2, 0) is 6.61 Å². The normalized spacial score (nSPS) is 10.4. The van der Waals surface area contributed by atoms with Crippen molar-refractivity contribution < 1.29 is 14.6 Å². The average Bonchev–Trinajstić information content (AvgIpc) is 2.29. The molecule has 82 valence electrons. The van der Waals surface area contributed by atoms with E-state index in [-0.39, 0.29) is 12.4 Å². The fraction of sp³-hybridized carbons (Fsp3) is 0.0769. The number of phenolic OH excluding ortho intramolecular Hbond substituents is 1. The largest absolute Gasteiger partial charge is 0.508 e. The lowest BCUT2D eigenvalue weighted by Crippen LogP contribution is -1.87. The monoisotopic (exact) mass is 218 g/mol. The summed E-state index contributed by atoms with van der Waals surface area (Å²) in [6.45, 7) is -0.0759. The number of aromatic hydroxyl groups is 1. The Balaban J connectivity index is 2.49. The molecule has 2 nitrogen and oxygen atoms in total.